The first kappa shape index (κ1) is 16.1. The Balaban J connectivity index is 2.16. The van der Waals surface area contributed by atoms with Gasteiger partial charge in [0.2, 0.25) is 0 Å². The number of rotatable bonds is 6. The Hall–Kier alpha value is -1.26. The average Bonchev–Trinajstić information content (AvgIpc) is 2.45. The minimum atomic E-state index is -0.227. The van der Waals surface area contributed by atoms with Crippen LogP contribution < -0.4 is 5.32 Å². The van der Waals surface area contributed by atoms with Gasteiger partial charge in [-0.15, -0.1) is 0 Å². The summed E-state index contributed by atoms with van der Waals surface area (Å²) >= 11 is 3.36. The molecule has 2 rings (SSSR count). The van der Waals surface area contributed by atoms with Crippen LogP contribution in [0.4, 0.5) is 8.78 Å². The quantitative estimate of drug-likeness (QED) is 0.806. The fourth-order valence-electron chi connectivity index (χ4n) is 2.40. The second-order valence-electron chi connectivity index (χ2n) is 4.99. The molecule has 1 N–H and O–H groups in total. The molecule has 1 atom stereocenters. The van der Waals surface area contributed by atoms with Gasteiger partial charge in [-0.05, 0) is 54.8 Å². The minimum absolute atomic E-state index is 0.00398. The summed E-state index contributed by atoms with van der Waals surface area (Å²) in [4.78, 5) is 0. The molecule has 112 valence electrons. The first-order valence-electron chi connectivity index (χ1n) is 7.01. The maximum absolute atomic E-state index is 13.9. The lowest BCUT2D eigenvalue weighted by Crippen LogP contribution is -2.33. The number of nitrogens with one attached hydrogen (secondary N) is 1. The molecule has 4 heteroatoms. The lowest BCUT2D eigenvalue weighted by Gasteiger charge is -2.19. The molecule has 0 heterocycles. The third-order valence-corrected chi connectivity index (χ3v) is 3.88. The van der Waals surface area contributed by atoms with Crippen molar-refractivity contribution < 1.29 is 8.78 Å². The van der Waals surface area contributed by atoms with E-state index in [-0.39, 0.29) is 17.7 Å². The lowest BCUT2D eigenvalue weighted by molar-refractivity contribution is 0.494. The molecule has 0 aliphatic carbocycles. The van der Waals surface area contributed by atoms with Crippen LogP contribution in [0.1, 0.15) is 18.1 Å². The Kier molecular flexibility index (Phi) is 5.88. The van der Waals surface area contributed by atoms with Gasteiger partial charge < -0.3 is 5.32 Å². The second kappa shape index (κ2) is 7.66. The molecule has 21 heavy (non-hydrogen) atoms. The van der Waals surface area contributed by atoms with Gasteiger partial charge in [0.1, 0.15) is 11.6 Å². The highest BCUT2D eigenvalue weighted by atomic mass is 79.9. The molecule has 2 aromatic rings. The highest BCUT2D eigenvalue weighted by Gasteiger charge is 2.14. The summed E-state index contributed by atoms with van der Waals surface area (Å²) in [5.74, 6) is -0.440. The van der Waals surface area contributed by atoms with Gasteiger partial charge in [0, 0.05) is 10.5 Å². The van der Waals surface area contributed by atoms with E-state index in [9.17, 15) is 8.78 Å². The van der Waals surface area contributed by atoms with Crippen LogP contribution in [0.2, 0.25) is 0 Å². The molecular formula is C17H18BrF2N. The van der Waals surface area contributed by atoms with E-state index < -0.39 is 0 Å². The lowest BCUT2D eigenvalue weighted by atomic mass is 9.98. The standard InChI is InChI=1S/C17H18BrF2N/c1-2-21-15(10-12-5-3-4-6-16(12)19)11-13-9-14(18)7-8-17(13)20/h3-9,15,21H,2,10-11H2,1H3. The van der Waals surface area contributed by atoms with Crippen molar-refractivity contribution in [2.45, 2.75) is 25.8 Å². The molecule has 0 amide bonds. The van der Waals surface area contributed by atoms with Gasteiger partial charge in [-0.2, -0.15) is 0 Å². The molecule has 0 radical (unpaired) electrons. The summed E-state index contributed by atoms with van der Waals surface area (Å²) in [7, 11) is 0. The summed E-state index contributed by atoms with van der Waals surface area (Å²) in [6, 6.07) is 11.6. The van der Waals surface area contributed by atoms with Crippen molar-refractivity contribution in [3.8, 4) is 0 Å². The number of halogens is 3. The Morgan fingerprint density at radius 1 is 1.00 bits per heavy atom. The molecule has 1 unspecified atom stereocenters. The van der Waals surface area contributed by atoms with E-state index in [4.69, 9.17) is 0 Å². The average molecular weight is 354 g/mol. The Bertz CT molecular complexity index is 601. The fraction of sp³-hybridized carbons (Fsp3) is 0.294. The van der Waals surface area contributed by atoms with E-state index in [1.165, 1.54) is 12.1 Å². The minimum Gasteiger partial charge on any atom is -0.314 e. The van der Waals surface area contributed by atoms with E-state index in [0.717, 1.165) is 11.0 Å². The molecule has 0 saturated carbocycles. The summed E-state index contributed by atoms with van der Waals surface area (Å²) < 4.78 is 28.5. The molecule has 2 aromatic carbocycles. The number of hydrogen-bond acceptors (Lipinski definition) is 1. The second-order valence-corrected chi connectivity index (χ2v) is 5.91. The van der Waals surface area contributed by atoms with Crippen molar-refractivity contribution in [3.63, 3.8) is 0 Å². The Labute approximate surface area is 132 Å². The van der Waals surface area contributed by atoms with Crippen LogP contribution in [0, 0.1) is 11.6 Å². The smallest absolute Gasteiger partial charge is 0.126 e. The highest BCUT2D eigenvalue weighted by Crippen LogP contribution is 2.19. The van der Waals surface area contributed by atoms with Crippen molar-refractivity contribution in [2.75, 3.05) is 6.54 Å². The van der Waals surface area contributed by atoms with Gasteiger partial charge >= 0.3 is 0 Å². The predicted octanol–water partition coefficient (Wildman–Crippen LogP) is 4.49. The maximum atomic E-state index is 13.9. The zero-order valence-corrected chi connectivity index (χ0v) is 13.5. The molecule has 0 aliphatic rings. The van der Waals surface area contributed by atoms with Crippen molar-refractivity contribution >= 4 is 15.9 Å². The van der Waals surface area contributed by atoms with Gasteiger partial charge in [0.15, 0.2) is 0 Å². The Morgan fingerprint density at radius 2 is 1.67 bits per heavy atom. The molecule has 0 bridgehead atoms. The van der Waals surface area contributed by atoms with E-state index in [1.54, 1.807) is 24.3 Å². The normalized spacial score (nSPS) is 12.4. The summed E-state index contributed by atoms with van der Waals surface area (Å²) in [5.41, 5.74) is 1.28. The van der Waals surface area contributed by atoms with Crippen LogP contribution in [0.5, 0.6) is 0 Å². The van der Waals surface area contributed by atoms with E-state index in [1.807, 2.05) is 13.0 Å². The number of benzene rings is 2. The van der Waals surface area contributed by atoms with Gasteiger partial charge in [-0.1, -0.05) is 41.1 Å². The SMILES string of the molecule is CCNC(Cc1ccccc1F)Cc1cc(Br)ccc1F. The van der Waals surface area contributed by atoms with Crippen LogP contribution in [-0.2, 0) is 12.8 Å². The van der Waals surface area contributed by atoms with Crippen molar-refractivity contribution in [1.82, 2.24) is 5.32 Å². The van der Waals surface area contributed by atoms with Crippen LogP contribution >= 0.6 is 15.9 Å². The fourth-order valence-corrected chi connectivity index (χ4v) is 2.81. The zero-order valence-electron chi connectivity index (χ0n) is 11.9. The van der Waals surface area contributed by atoms with Crippen LogP contribution in [0.3, 0.4) is 0 Å². The van der Waals surface area contributed by atoms with Crippen molar-refractivity contribution in [3.05, 3.63) is 69.7 Å². The van der Waals surface area contributed by atoms with Gasteiger partial charge in [-0.3, -0.25) is 0 Å². The molecule has 0 spiro atoms. The van der Waals surface area contributed by atoms with Crippen molar-refractivity contribution in [1.29, 1.82) is 0 Å². The van der Waals surface area contributed by atoms with Gasteiger partial charge in [0.05, 0.1) is 0 Å². The third kappa shape index (κ3) is 4.61. The van der Waals surface area contributed by atoms with E-state index >= 15 is 0 Å². The largest absolute Gasteiger partial charge is 0.314 e. The third-order valence-electron chi connectivity index (χ3n) is 3.39. The van der Waals surface area contributed by atoms with Crippen molar-refractivity contribution in [2.24, 2.45) is 0 Å². The molecule has 0 aliphatic heterocycles. The highest BCUT2D eigenvalue weighted by molar-refractivity contribution is 9.10. The summed E-state index contributed by atoms with van der Waals surface area (Å²) in [5, 5.41) is 3.30. The molecule has 0 fully saturated rings. The molecule has 0 aromatic heterocycles. The van der Waals surface area contributed by atoms with Gasteiger partial charge in [0.25, 0.3) is 0 Å². The van der Waals surface area contributed by atoms with Gasteiger partial charge in [-0.25, -0.2) is 8.78 Å². The first-order valence-corrected chi connectivity index (χ1v) is 7.80. The van der Waals surface area contributed by atoms with E-state index in [0.29, 0.717) is 24.0 Å². The molecule has 0 saturated heterocycles. The summed E-state index contributed by atoms with van der Waals surface area (Å²) in [6.45, 7) is 2.75. The van der Waals surface area contributed by atoms with Crippen LogP contribution in [0.25, 0.3) is 0 Å². The zero-order chi connectivity index (χ0) is 15.2. The maximum Gasteiger partial charge on any atom is 0.126 e. The Morgan fingerprint density at radius 3 is 2.38 bits per heavy atom. The van der Waals surface area contributed by atoms with Crippen LogP contribution in [0.15, 0.2) is 46.9 Å². The van der Waals surface area contributed by atoms with E-state index in [2.05, 4.69) is 21.2 Å². The molecule has 1 nitrogen and oxygen atoms in total. The number of hydrogen-bond donors (Lipinski definition) is 1. The predicted molar refractivity (Wildman–Crippen MR) is 85.4 cm³/mol. The monoisotopic (exact) mass is 353 g/mol. The molecular weight excluding hydrogens is 336 g/mol. The summed E-state index contributed by atoms with van der Waals surface area (Å²) in [6.07, 6.45) is 1.06. The topological polar surface area (TPSA) is 12.0 Å². The first-order chi connectivity index (χ1) is 10.1. The van der Waals surface area contributed by atoms with Crippen LogP contribution in [-0.4, -0.2) is 12.6 Å². The number of likely N-dealkylation sites (N-methyl/N-ethyl adjacent to an activating group) is 1.